The Morgan fingerprint density at radius 3 is 1.67 bits per heavy atom. The fourth-order valence-corrected chi connectivity index (χ4v) is 4.25. The first-order valence-electron chi connectivity index (χ1n) is 7.28. The SMILES string of the molecule is Cc1c(C)c(C)c(C(Br)Cc2ccc(Br)cc2)c(C)c1C. The summed E-state index contributed by atoms with van der Waals surface area (Å²) in [4.78, 5) is 0.358. The number of hydrogen-bond acceptors (Lipinski definition) is 0. The van der Waals surface area contributed by atoms with Gasteiger partial charge in [0.1, 0.15) is 0 Å². The van der Waals surface area contributed by atoms with E-state index in [0.717, 1.165) is 10.9 Å². The molecule has 1 unspecified atom stereocenters. The van der Waals surface area contributed by atoms with Crippen LogP contribution in [0.2, 0.25) is 0 Å². The van der Waals surface area contributed by atoms with Crippen LogP contribution in [0, 0.1) is 34.6 Å². The highest BCUT2D eigenvalue weighted by atomic mass is 79.9. The zero-order chi connectivity index (χ0) is 15.7. The number of hydrogen-bond donors (Lipinski definition) is 0. The molecular weight excluding hydrogens is 388 g/mol. The first-order valence-corrected chi connectivity index (χ1v) is 8.99. The zero-order valence-corrected chi connectivity index (χ0v) is 16.5. The van der Waals surface area contributed by atoms with Gasteiger partial charge in [0.2, 0.25) is 0 Å². The van der Waals surface area contributed by atoms with Crippen molar-refractivity contribution in [2.24, 2.45) is 0 Å². The van der Waals surface area contributed by atoms with Gasteiger partial charge in [-0.2, -0.15) is 0 Å². The molecule has 2 aromatic rings. The molecule has 0 aliphatic carbocycles. The number of rotatable bonds is 3. The summed E-state index contributed by atoms with van der Waals surface area (Å²) in [6, 6.07) is 8.61. The summed E-state index contributed by atoms with van der Waals surface area (Å²) < 4.78 is 1.13. The molecule has 0 nitrogen and oxygen atoms in total. The lowest BCUT2D eigenvalue weighted by Gasteiger charge is -2.22. The van der Waals surface area contributed by atoms with Crippen LogP contribution in [-0.4, -0.2) is 0 Å². The maximum atomic E-state index is 3.92. The summed E-state index contributed by atoms with van der Waals surface area (Å²) in [6.45, 7) is 11.2. The Labute approximate surface area is 145 Å². The van der Waals surface area contributed by atoms with Gasteiger partial charge in [0.25, 0.3) is 0 Å². The third-order valence-electron chi connectivity index (χ3n) is 4.70. The molecule has 0 amide bonds. The number of alkyl halides is 1. The summed E-state index contributed by atoms with van der Waals surface area (Å²) in [6.07, 6.45) is 1.01. The molecule has 0 heterocycles. The largest absolute Gasteiger partial charge is 0.0835 e. The van der Waals surface area contributed by atoms with Gasteiger partial charge in [-0.25, -0.2) is 0 Å². The van der Waals surface area contributed by atoms with E-state index in [0.29, 0.717) is 4.83 Å². The zero-order valence-electron chi connectivity index (χ0n) is 13.3. The van der Waals surface area contributed by atoms with Crippen molar-refractivity contribution in [1.82, 2.24) is 0 Å². The van der Waals surface area contributed by atoms with Crippen LogP contribution in [0.25, 0.3) is 0 Å². The van der Waals surface area contributed by atoms with Gasteiger partial charge in [-0.3, -0.25) is 0 Å². The molecule has 21 heavy (non-hydrogen) atoms. The lowest BCUT2D eigenvalue weighted by atomic mass is 9.87. The standard InChI is InChI=1S/C19H22Br2/c1-11-12(2)14(4)19(15(5)13(11)3)18(21)10-16-6-8-17(20)9-7-16/h6-9,18H,10H2,1-5H3. The third-order valence-corrected chi connectivity index (χ3v) is 6.01. The molecule has 0 aliphatic rings. The van der Waals surface area contributed by atoms with Gasteiger partial charge in [0, 0.05) is 9.30 Å². The van der Waals surface area contributed by atoms with Gasteiger partial charge in [0.05, 0.1) is 0 Å². The van der Waals surface area contributed by atoms with E-state index >= 15 is 0 Å². The van der Waals surface area contributed by atoms with E-state index in [2.05, 4.69) is 90.7 Å². The third kappa shape index (κ3) is 3.43. The van der Waals surface area contributed by atoms with Gasteiger partial charge in [-0.15, -0.1) is 0 Å². The van der Waals surface area contributed by atoms with Crippen molar-refractivity contribution < 1.29 is 0 Å². The lowest BCUT2D eigenvalue weighted by molar-refractivity contribution is 0.914. The molecule has 0 spiro atoms. The molecule has 0 bridgehead atoms. The number of benzene rings is 2. The first kappa shape index (κ1) is 16.8. The second kappa shape index (κ2) is 6.66. The van der Waals surface area contributed by atoms with Gasteiger partial charge in [-0.05, 0) is 92.1 Å². The van der Waals surface area contributed by atoms with Gasteiger partial charge in [0.15, 0.2) is 0 Å². The average Bonchev–Trinajstić information content (AvgIpc) is 2.46. The molecule has 0 aliphatic heterocycles. The summed E-state index contributed by atoms with van der Waals surface area (Å²) in [5.74, 6) is 0. The second-order valence-corrected chi connectivity index (χ2v) is 7.86. The maximum absolute atomic E-state index is 3.92. The minimum Gasteiger partial charge on any atom is -0.0835 e. The highest BCUT2D eigenvalue weighted by Crippen LogP contribution is 2.36. The van der Waals surface area contributed by atoms with Crippen LogP contribution in [-0.2, 0) is 6.42 Å². The highest BCUT2D eigenvalue weighted by molar-refractivity contribution is 9.10. The average molecular weight is 410 g/mol. The summed E-state index contributed by atoms with van der Waals surface area (Å²) in [5, 5.41) is 0. The van der Waals surface area contributed by atoms with Crippen LogP contribution in [0.5, 0.6) is 0 Å². The van der Waals surface area contributed by atoms with Crippen molar-refractivity contribution in [3.8, 4) is 0 Å². The minimum absolute atomic E-state index is 0.358. The van der Waals surface area contributed by atoms with Gasteiger partial charge >= 0.3 is 0 Å². The normalized spacial score (nSPS) is 12.5. The van der Waals surface area contributed by atoms with Crippen molar-refractivity contribution in [1.29, 1.82) is 0 Å². The van der Waals surface area contributed by atoms with Crippen molar-refractivity contribution >= 4 is 31.9 Å². The fourth-order valence-electron chi connectivity index (χ4n) is 2.93. The first-order chi connectivity index (χ1) is 9.82. The quantitative estimate of drug-likeness (QED) is 0.496. The van der Waals surface area contributed by atoms with Crippen molar-refractivity contribution in [2.75, 3.05) is 0 Å². The highest BCUT2D eigenvalue weighted by Gasteiger charge is 2.18. The van der Waals surface area contributed by atoms with Crippen LogP contribution in [0.3, 0.4) is 0 Å². The molecule has 112 valence electrons. The van der Waals surface area contributed by atoms with Crippen LogP contribution < -0.4 is 0 Å². The molecular formula is C19H22Br2. The topological polar surface area (TPSA) is 0 Å². The Balaban J connectivity index is 2.39. The van der Waals surface area contributed by atoms with Crippen LogP contribution >= 0.6 is 31.9 Å². The van der Waals surface area contributed by atoms with E-state index in [-0.39, 0.29) is 0 Å². The molecule has 0 aromatic heterocycles. The Hall–Kier alpha value is -0.600. The Morgan fingerprint density at radius 1 is 0.762 bits per heavy atom. The van der Waals surface area contributed by atoms with E-state index in [9.17, 15) is 0 Å². The molecule has 2 rings (SSSR count). The molecule has 0 saturated carbocycles. The van der Waals surface area contributed by atoms with Crippen molar-refractivity contribution in [3.63, 3.8) is 0 Å². The van der Waals surface area contributed by atoms with Crippen molar-refractivity contribution in [2.45, 2.75) is 45.9 Å². The number of halogens is 2. The Kier molecular flexibility index (Phi) is 5.32. The van der Waals surface area contributed by atoms with Gasteiger partial charge in [-0.1, -0.05) is 44.0 Å². The summed E-state index contributed by atoms with van der Waals surface area (Å²) >= 11 is 7.42. The summed E-state index contributed by atoms with van der Waals surface area (Å²) in [5.41, 5.74) is 9.94. The molecule has 2 aromatic carbocycles. The van der Waals surface area contributed by atoms with Crippen LogP contribution in [0.1, 0.15) is 43.8 Å². The van der Waals surface area contributed by atoms with Crippen molar-refractivity contribution in [3.05, 3.63) is 67.7 Å². The molecule has 0 saturated heterocycles. The Bertz CT molecular complexity index is 625. The second-order valence-electron chi connectivity index (χ2n) is 5.84. The lowest BCUT2D eigenvalue weighted by Crippen LogP contribution is -2.06. The molecule has 2 heteroatoms. The smallest absolute Gasteiger partial charge is 0.0441 e. The van der Waals surface area contributed by atoms with Gasteiger partial charge < -0.3 is 0 Å². The van der Waals surface area contributed by atoms with Crippen LogP contribution in [0.4, 0.5) is 0 Å². The Morgan fingerprint density at radius 2 is 1.19 bits per heavy atom. The predicted molar refractivity (Wildman–Crippen MR) is 99.6 cm³/mol. The van der Waals surface area contributed by atoms with E-state index in [1.54, 1.807) is 0 Å². The molecule has 0 radical (unpaired) electrons. The molecule has 1 atom stereocenters. The summed E-state index contributed by atoms with van der Waals surface area (Å²) in [7, 11) is 0. The fraction of sp³-hybridized carbons (Fsp3) is 0.368. The monoisotopic (exact) mass is 408 g/mol. The minimum atomic E-state index is 0.358. The predicted octanol–water partition coefficient (Wildman–Crippen LogP) is 6.67. The van der Waals surface area contributed by atoms with E-state index in [1.807, 2.05) is 0 Å². The molecule has 0 N–H and O–H groups in total. The van der Waals surface area contributed by atoms with E-state index in [4.69, 9.17) is 0 Å². The maximum Gasteiger partial charge on any atom is 0.0441 e. The molecule has 0 fully saturated rings. The van der Waals surface area contributed by atoms with Crippen LogP contribution in [0.15, 0.2) is 28.7 Å². The van der Waals surface area contributed by atoms with E-state index < -0.39 is 0 Å². The van der Waals surface area contributed by atoms with E-state index in [1.165, 1.54) is 38.9 Å².